The summed E-state index contributed by atoms with van der Waals surface area (Å²) in [5.74, 6) is 0. The van der Waals surface area contributed by atoms with Crippen molar-refractivity contribution in [1.29, 1.82) is 0 Å². The van der Waals surface area contributed by atoms with E-state index in [1.807, 2.05) is 19.9 Å². The Kier molecular flexibility index (Phi) is 5.01. The van der Waals surface area contributed by atoms with Gasteiger partial charge in [-0.3, -0.25) is 4.79 Å². The molecule has 1 aromatic rings. The molecule has 6 nitrogen and oxygen atoms in total. The first-order valence-corrected chi connectivity index (χ1v) is 7.37. The minimum absolute atomic E-state index is 0.103. The zero-order chi connectivity index (χ0) is 15.4. The number of aromatic nitrogens is 1. The van der Waals surface area contributed by atoms with Gasteiger partial charge in [-0.05, 0) is 51.2 Å². The number of pyridine rings is 1. The van der Waals surface area contributed by atoms with Crippen LogP contribution < -0.4 is 16.2 Å². The summed E-state index contributed by atoms with van der Waals surface area (Å²) in [5, 5.41) is 15.0. The molecule has 1 aliphatic rings. The van der Waals surface area contributed by atoms with E-state index in [2.05, 4.69) is 15.6 Å². The molecule has 1 fully saturated rings. The van der Waals surface area contributed by atoms with E-state index in [0.717, 1.165) is 36.9 Å². The summed E-state index contributed by atoms with van der Waals surface area (Å²) in [6.07, 6.45) is 2.79. The van der Waals surface area contributed by atoms with E-state index in [4.69, 9.17) is 0 Å². The Morgan fingerprint density at radius 1 is 1.33 bits per heavy atom. The van der Waals surface area contributed by atoms with Gasteiger partial charge in [0.15, 0.2) is 0 Å². The third-order valence-corrected chi connectivity index (χ3v) is 3.95. The van der Waals surface area contributed by atoms with Crippen LogP contribution in [0.5, 0.6) is 0 Å². The lowest BCUT2D eigenvalue weighted by Crippen LogP contribution is -2.44. The molecule has 1 aliphatic carbocycles. The van der Waals surface area contributed by atoms with E-state index in [1.165, 1.54) is 0 Å². The molecule has 0 unspecified atom stereocenters. The number of amides is 2. The molecule has 21 heavy (non-hydrogen) atoms. The molecular weight excluding hydrogens is 270 g/mol. The number of nitrogens with one attached hydrogen (secondary N) is 3. The number of hydrogen-bond acceptors (Lipinski definition) is 3. The summed E-state index contributed by atoms with van der Waals surface area (Å²) >= 11 is 0. The van der Waals surface area contributed by atoms with Crippen LogP contribution >= 0.6 is 0 Å². The topological polar surface area (TPSA) is 94.2 Å². The van der Waals surface area contributed by atoms with Gasteiger partial charge in [-0.1, -0.05) is 0 Å². The average Bonchev–Trinajstić information content (AvgIpc) is 2.40. The van der Waals surface area contributed by atoms with Gasteiger partial charge in [0.2, 0.25) is 0 Å². The smallest absolute Gasteiger partial charge is 0.315 e. The Labute approximate surface area is 124 Å². The van der Waals surface area contributed by atoms with Crippen LogP contribution in [-0.4, -0.2) is 28.3 Å². The fourth-order valence-corrected chi connectivity index (χ4v) is 2.73. The molecule has 0 aromatic carbocycles. The number of aromatic amines is 1. The lowest BCUT2D eigenvalue weighted by Gasteiger charge is -2.26. The van der Waals surface area contributed by atoms with E-state index in [9.17, 15) is 14.7 Å². The van der Waals surface area contributed by atoms with Crippen molar-refractivity contribution in [3.63, 3.8) is 0 Å². The predicted molar refractivity (Wildman–Crippen MR) is 80.2 cm³/mol. The standard InChI is InChI=1S/C15H23N3O3/c1-9-7-10(2)17-14(20)13(9)8-16-15(21)18-11-3-5-12(19)6-4-11/h7,11-12,19H,3-6,8H2,1-2H3,(H,17,20)(H2,16,18,21). The number of carbonyl (C=O) groups excluding carboxylic acids is 1. The third kappa shape index (κ3) is 4.32. The highest BCUT2D eigenvalue weighted by atomic mass is 16.3. The van der Waals surface area contributed by atoms with Crippen molar-refractivity contribution < 1.29 is 9.90 Å². The van der Waals surface area contributed by atoms with Gasteiger partial charge in [0.25, 0.3) is 5.56 Å². The van der Waals surface area contributed by atoms with Crippen LogP contribution in [0.3, 0.4) is 0 Å². The lowest BCUT2D eigenvalue weighted by molar-refractivity contribution is 0.117. The number of carbonyl (C=O) groups is 1. The summed E-state index contributed by atoms with van der Waals surface area (Å²) in [6.45, 7) is 3.90. The number of aliphatic hydroxyl groups is 1. The van der Waals surface area contributed by atoms with Crippen molar-refractivity contribution in [1.82, 2.24) is 15.6 Å². The lowest BCUT2D eigenvalue weighted by atomic mass is 9.93. The maximum atomic E-state index is 11.9. The Morgan fingerprint density at radius 3 is 2.62 bits per heavy atom. The molecule has 4 N–H and O–H groups in total. The Hall–Kier alpha value is -1.82. The zero-order valence-electron chi connectivity index (χ0n) is 12.5. The quantitative estimate of drug-likeness (QED) is 0.672. The maximum absolute atomic E-state index is 11.9. The molecular formula is C15H23N3O3. The van der Waals surface area contributed by atoms with Crippen LogP contribution in [0, 0.1) is 13.8 Å². The largest absolute Gasteiger partial charge is 0.393 e. The van der Waals surface area contributed by atoms with E-state index >= 15 is 0 Å². The normalized spacial score (nSPS) is 21.9. The predicted octanol–water partition coefficient (Wildman–Crippen LogP) is 1.09. The minimum atomic E-state index is -0.268. The first-order chi connectivity index (χ1) is 9.95. The fourth-order valence-electron chi connectivity index (χ4n) is 2.73. The van der Waals surface area contributed by atoms with Crippen molar-refractivity contribution in [2.24, 2.45) is 0 Å². The van der Waals surface area contributed by atoms with Crippen LogP contribution in [0.1, 0.15) is 42.5 Å². The van der Waals surface area contributed by atoms with E-state index < -0.39 is 0 Å². The Morgan fingerprint density at radius 2 is 2.00 bits per heavy atom. The Balaban J connectivity index is 1.86. The van der Waals surface area contributed by atoms with E-state index in [-0.39, 0.29) is 30.3 Å². The third-order valence-electron chi connectivity index (χ3n) is 3.95. The molecule has 0 atom stereocenters. The van der Waals surface area contributed by atoms with Crippen molar-refractivity contribution in [3.8, 4) is 0 Å². The molecule has 6 heteroatoms. The van der Waals surface area contributed by atoms with E-state index in [1.54, 1.807) is 0 Å². The van der Waals surface area contributed by atoms with Gasteiger partial charge in [-0.2, -0.15) is 0 Å². The number of hydrogen-bond donors (Lipinski definition) is 4. The molecule has 0 radical (unpaired) electrons. The number of H-pyrrole nitrogens is 1. The summed E-state index contributed by atoms with van der Waals surface area (Å²) in [6, 6.07) is 1.72. The second-order valence-electron chi connectivity index (χ2n) is 5.78. The molecule has 2 amide bonds. The van der Waals surface area contributed by atoms with Gasteiger partial charge in [-0.25, -0.2) is 4.79 Å². The molecule has 1 saturated carbocycles. The van der Waals surface area contributed by atoms with Gasteiger partial charge in [-0.15, -0.1) is 0 Å². The second-order valence-corrected chi connectivity index (χ2v) is 5.78. The van der Waals surface area contributed by atoms with Crippen LogP contribution in [0.2, 0.25) is 0 Å². The molecule has 0 saturated heterocycles. The van der Waals surface area contributed by atoms with Gasteiger partial charge < -0.3 is 20.7 Å². The van der Waals surface area contributed by atoms with Gasteiger partial charge in [0, 0.05) is 17.3 Å². The van der Waals surface area contributed by atoms with Crippen molar-refractivity contribution in [2.75, 3.05) is 0 Å². The Bertz CT molecular complexity index is 560. The first kappa shape index (κ1) is 15.6. The second kappa shape index (κ2) is 6.76. The maximum Gasteiger partial charge on any atom is 0.315 e. The molecule has 0 aliphatic heterocycles. The fraction of sp³-hybridized carbons (Fsp3) is 0.600. The zero-order valence-corrected chi connectivity index (χ0v) is 12.5. The van der Waals surface area contributed by atoms with Gasteiger partial charge in [0.05, 0.1) is 12.6 Å². The summed E-state index contributed by atoms with van der Waals surface area (Å²) in [7, 11) is 0. The molecule has 0 bridgehead atoms. The van der Waals surface area contributed by atoms with Crippen molar-refractivity contribution in [3.05, 3.63) is 33.2 Å². The number of rotatable bonds is 3. The van der Waals surface area contributed by atoms with Crippen LogP contribution in [0.4, 0.5) is 4.79 Å². The number of urea groups is 1. The average molecular weight is 293 g/mol. The number of aliphatic hydroxyl groups excluding tert-OH is 1. The van der Waals surface area contributed by atoms with Crippen molar-refractivity contribution >= 4 is 6.03 Å². The molecule has 0 spiro atoms. The highest BCUT2D eigenvalue weighted by Crippen LogP contribution is 2.18. The van der Waals surface area contributed by atoms with Crippen molar-refractivity contribution in [2.45, 2.75) is 58.2 Å². The van der Waals surface area contributed by atoms with E-state index in [0.29, 0.717) is 5.56 Å². The monoisotopic (exact) mass is 293 g/mol. The summed E-state index contributed by atoms with van der Waals surface area (Å²) in [5.41, 5.74) is 2.10. The molecule has 1 heterocycles. The highest BCUT2D eigenvalue weighted by molar-refractivity contribution is 5.74. The minimum Gasteiger partial charge on any atom is -0.393 e. The van der Waals surface area contributed by atoms with Gasteiger partial charge in [0.1, 0.15) is 0 Å². The van der Waals surface area contributed by atoms with Crippen LogP contribution in [-0.2, 0) is 6.54 Å². The molecule has 1 aromatic heterocycles. The first-order valence-electron chi connectivity index (χ1n) is 7.37. The molecule has 116 valence electrons. The highest BCUT2D eigenvalue weighted by Gasteiger charge is 2.20. The summed E-state index contributed by atoms with van der Waals surface area (Å²) in [4.78, 5) is 26.4. The van der Waals surface area contributed by atoms with Crippen LogP contribution in [0.25, 0.3) is 0 Å². The van der Waals surface area contributed by atoms with Crippen LogP contribution in [0.15, 0.2) is 10.9 Å². The van der Waals surface area contributed by atoms with Gasteiger partial charge >= 0.3 is 6.03 Å². The summed E-state index contributed by atoms with van der Waals surface area (Å²) < 4.78 is 0. The SMILES string of the molecule is Cc1cc(C)c(CNC(=O)NC2CCC(O)CC2)c(=O)[nH]1. The number of aryl methyl sites for hydroxylation is 2. The molecule has 2 rings (SSSR count).